The number of hydrogen-bond donors (Lipinski definition) is 2. The Balaban J connectivity index is 1.99. The number of benzene rings is 2. The van der Waals surface area contributed by atoms with Gasteiger partial charge in [0.25, 0.3) is 0 Å². The molecule has 2 aromatic rings. The van der Waals surface area contributed by atoms with Crippen LogP contribution < -0.4 is 4.74 Å². The zero-order chi connectivity index (χ0) is 17.4. The Hall–Kier alpha value is -2.55. The van der Waals surface area contributed by atoms with E-state index in [1.165, 1.54) is 18.9 Å². The van der Waals surface area contributed by atoms with Crippen LogP contribution in [0.4, 0.5) is 0 Å². The maximum Gasteiger partial charge on any atom is 0.124 e. The average Bonchev–Trinajstić information content (AvgIpc) is 2.59. The first kappa shape index (κ1) is 17.8. The van der Waals surface area contributed by atoms with E-state index in [1.807, 2.05) is 55.5 Å². The Morgan fingerprint density at radius 3 is 2.25 bits per heavy atom. The Kier molecular flexibility index (Phi) is 6.62. The fourth-order valence-electron chi connectivity index (χ4n) is 2.30. The van der Waals surface area contributed by atoms with Crippen LogP contribution in [0.2, 0.25) is 0 Å². The van der Waals surface area contributed by atoms with E-state index >= 15 is 0 Å². The predicted molar refractivity (Wildman–Crippen MR) is 100 cm³/mol. The Morgan fingerprint density at radius 2 is 1.62 bits per heavy atom. The Bertz CT molecular complexity index is 685. The van der Waals surface area contributed by atoms with Gasteiger partial charge in [-0.2, -0.15) is 0 Å². The van der Waals surface area contributed by atoms with Gasteiger partial charge in [0.2, 0.25) is 0 Å². The summed E-state index contributed by atoms with van der Waals surface area (Å²) in [7, 11) is 0. The summed E-state index contributed by atoms with van der Waals surface area (Å²) in [6.07, 6.45) is 4.87. The van der Waals surface area contributed by atoms with Gasteiger partial charge in [-0.25, -0.2) is 0 Å². The number of allylic oxidation sites excluding steroid dienone is 1. The normalized spacial score (nSPS) is 11.3. The largest absolute Gasteiger partial charge is 0.507 e. The van der Waals surface area contributed by atoms with Crippen molar-refractivity contribution in [3.63, 3.8) is 0 Å². The minimum atomic E-state index is 0.0816. The maximum atomic E-state index is 10.2. The number of ether oxygens (including phenoxy) is 1. The van der Waals surface area contributed by atoms with Gasteiger partial charge in [0.1, 0.15) is 11.5 Å². The van der Waals surface area contributed by atoms with Gasteiger partial charge in [-0.3, -0.25) is 0 Å². The van der Waals surface area contributed by atoms with Crippen LogP contribution in [-0.4, -0.2) is 17.4 Å². The summed E-state index contributed by atoms with van der Waals surface area (Å²) in [6.45, 7) is 4.89. The van der Waals surface area contributed by atoms with Crippen LogP contribution in [0.1, 0.15) is 42.9 Å². The molecule has 0 unspecified atom stereocenters. The lowest BCUT2D eigenvalue weighted by Gasteiger charge is -2.07. The molecule has 3 heteroatoms. The molecule has 0 bridgehead atoms. The van der Waals surface area contributed by atoms with Crippen LogP contribution >= 0.6 is 0 Å². The third-order valence-electron chi connectivity index (χ3n) is 3.81. The van der Waals surface area contributed by atoms with Crippen LogP contribution in [0.25, 0.3) is 5.76 Å². The van der Waals surface area contributed by atoms with Crippen LogP contribution in [0.5, 0.6) is 5.75 Å². The molecule has 2 aromatic carbocycles. The van der Waals surface area contributed by atoms with E-state index in [9.17, 15) is 5.11 Å². The molecule has 24 heavy (non-hydrogen) atoms. The summed E-state index contributed by atoms with van der Waals surface area (Å²) in [4.78, 5) is 0. The van der Waals surface area contributed by atoms with E-state index in [0.717, 1.165) is 23.3 Å². The third kappa shape index (κ3) is 5.27. The van der Waals surface area contributed by atoms with Crippen molar-refractivity contribution < 1.29 is 9.84 Å². The van der Waals surface area contributed by atoms with Gasteiger partial charge >= 0.3 is 0 Å². The quantitative estimate of drug-likeness (QED) is 0.381. The van der Waals surface area contributed by atoms with Gasteiger partial charge in [-0.1, -0.05) is 49.6 Å². The van der Waals surface area contributed by atoms with Gasteiger partial charge in [-0.15, -0.1) is 0 Å². The highest BCUT2D eigenvalue weighted by atomic mass is 16.5. The molecule has 0 aliphatic carbocycles. The lowest BCUT2D eigenvalue weighted by molar-refractivity contribution is 0.306. The van der Waals surface area contributed by atoms with Crippen molar-refractivity contribution in [1.82, 2.24) is 0 Å². The topological polar surface area (TPSA) is 53.3 Å². The lowest BCUT2D eigenvalue weighted by atomic mass is 10.1. The van der Waals surface area contributed by atoms with Crippen LogP contribution in [0.15, 0.2) is 54.6 Å². The summed E-state index contributed by atoms with van der Waals surface area (Å²) < 4.78 is 5.66. The molecule has 0 aliphatic rings. The molecule has 2 rings (SSSR count). The maximum absolute atomic E-state index is 10.2. The summed E-state index contributed by atoms with van der Waals surface area (Å²) >= 11 is 0. The average molecular weight is 323 g/mol. The van der Waals surface area contributed by atoms with Gasteiger partial charge in [-0.05, 0) is 43.2 Å². The molecule has 0 saturated heterocycles. The first-order valence-corrected chi connectivity index (χ1v) is 8.39. The van der Waals surface area contributed by atoms with E-state index in [1.54, 1.807) is 0 Å². The van der Waals surface area contributed by atoms with Crippen LogP contribution in [0.3, 0.4) is 0 Å². The standard InChI is InChI=1S/C21H25NO2/c1-3-4-5-14-24-19-12-10-18(11-13-19)21(23)15-20(22)17-8-6-16(2)7-9-17/h6-13,15,22-23H,3-5,14H2,1-2H3/b21-15-,22-20?. The molecule has 0 atom stereocenters. The van der Waals surface area contributed by atoms with Crippen molar-refractivity contribution in [2.24, 2.45) is 0 Å². The minimum absolute atomic E-state index is 0.0816. The lowest BCUT2D eigenvalue weighted by Crippen LogP contribution is -1.98. The van der Waals surface area contributed by atoms with Gasteiger partial charge in [0.15, 0.2) is 0 Å². The van der Waals surface area contributed by atoms with E-state index in [4.69, 9.17) is 10.1 Å². The molecular formula is C21H25NO2. The first-order valence-electron chi connectivity index (χ1n) is 8.39. The second-order valence-corrected chi connectivity index (χ2v) is 5.89. The number of hydrogen-bond acceptors (Lipinski definition) is 3. The molecule has 126 valence electrons. The molecule has 0 heterocycles. The van der Waals surface area contributed by atoms with E-state index in [2.05, 4.69) is 6.92 Å². The number of aliphatic hydroxyl groups excluding tert-OH is 1. The predicted octanol–water partition coefficient (Wildman–Crippen LogP) is 5.53. The van der Waals surface area contributed by atoms with Crippen molar-refractivity contribution in [2.75, 3.05) is 6.61 Å². The molecular weight excluding hydrogens is 298 g/mol. The Morgan fingerprint density at radius 1 is 1.00 bits per heavy atom. The molecule has 3 nitrogen and oxygen atoms in total. The summed E-state index contributed by atoms with van der Waals surface area (Å²) in [6, 6.07) is 15.0. The second kappa shape index (κ2) is 8.92. The molecule has 2 N–H and O–H groups in total. The van der Waals surface area contributed by atoms with Crippen molar-refractivity contribution in [3.05, 3.63) is 71.3 Å². The minimum Gasteiger partial charge on any atom is -0.507 e. The smallest absolute Gasteiger partial charge is 0.124 e. The molecule has 0 aliphatic heterocycles. The zero-order valence-corrected chi connectivity index (χ0v) is 14.4. The first-order chi connectivity index (χ1) is 11.6. The SMILES string of the molecule is CCCCCOc1ccc(/C(O)=C/C(=N)c2ccc(C)cc2)cc1. The summed E-state index contributed by atoms with van der Waals surface area (Å²) in [5.41, 5.74) is 2.89. The fraction of sp³-hybridized carbons (Fsp3) is 0.286. The van der Waals surface area contributed by atoms with E-state index in [-0.39, 0.29) is 11.5 Å². The highest BCUT2D eigenvalue weighted by Crippen LogP contribution is 2.18. The number of rotatable bonds is 8. The van der Waals surface area contributed by atoms with E-state index in [0.29, 0.717) is 12.2 Å². The third-order valence-corrected chi connectivity index (χ3v) is 3.81. The van der Waals surface area contributed by atoms with Crippen molar-refractivity contribution in [2.45, 2.75) is 33.1 Å². The monoisotopic (exact) mass is 323 g/mol. The molecule has 0 saturated carbocycles. The molecule has 0 fully saturated rings. The molecule has 0 radical (unpaired) electrons. The Labute approximate surface area is 144 Å². The number of nitrogens with one attached hydrogen (secondary N) is 1. The van der Waals surface area contributed by atoms with Crippen molar-refractivity contribution >= 4 is 11.5 Å². The van der Waals surface area contributed by atoms with Crippen LogP contribution in [-0.2, 0) is 0 Å². The van der Waals surface area contributed by atoms with Crippen LogP contribution in [0, 0.1) is 12.3 Å². The highest BCUT2D eigenvalue weighted by molar-refractivity contribution is 6.09. The number of unbranched alkanes of at least 4 members (excludes halogenated alkanes) is 2. The van der Waals surface area contributed by atoms with Gasteiger partial charge in [0, 0.05) is 11.6 Å². The molecule has 0 amide bonds. The number of aryl methyl sites for hydroxylation is 1. The van der Waals surface area contributed by atoms with Gasteiger partial charge in [0.05, 0.1) is 12.3 Å². The fourth-order valence-corrected chi connectivity index (χ4v) is 2.30. The van der Waals surface area contributed by atoms with E-state index < -0.39 is 0 Å². The van der Waals surface area contributed by atoms with Crippen molar-refractivity contribution in [3.8, 4) is 5.75 Å². The highest BCUT2D eigenvalue weighted by Gasteiger charge is 2.04. The molecule has 0 aromatic heterocycles. The second-order valence-electron chi connectivity index (χ2n) is 5.89. The summed E-state index contributed by atoms with van der Waals surface area (Å²) in [5.74, 6) is 0.884. The summed E-state index contributed by atoms with van der Waals surface area (Å²) in [5, 5.41) is 18.3. The number of aliphatic hydroxyl groups is 1. The van der Waals surface area contributed by atoms with Crippen molar-refractivity contribution in [1.29, 1.82) is 5.41 Å². The molecule has 0 spiro atoms. The zero-order valence-electron chi connectivity index (χ0n) is 14.4. The van der Waals surface area contributed by atoms with Gasteiger partial charge < -0.3 is 15.3 Å².